The molecule has 1 fully saturated rings. The second kappa shape index (κ2) is 14.4. The van der Waals surface area contributed by atoms with Gasteiger partial charge in [0.05, 0.1) is 32.7 Å². The second-order valence-corrected chi connectivity index (χ2v) is 8.93. The first kappa shape index (κ1) is 32.9. The molecule has 2 aromatic heterocycles. The maximum atomic E-state index is 14.2. The fraction of sp³-hybridized carbons (Fsp3) is 0.321. The van der Waals surface area contributed by atoms with Crippen LogP contribution in [-0.2, 0) is 34.1 Å². The van der Waals surface area contributed by atoms with Crippen molar-refractivity contribution < 1.29 is 52.7 Å². The molecule has 1 aliphatic heterocycles. The van der Waals surface area contributed by atoms with Crippen LogP contribution in [0.15, 0.2) is 36.0 Å². The van der Waals surface area contributed by atoms with Gasteiger partial charge in [-0.3, -0.25) is 11.6 Å². The summed E-state index contributed by atoms with van der Waals surface area (Å²) in [6, 6.07) is 8.61. The van der Waals surface area contributed by atoms with Crippen molar-refractivity contribution in [1.82, 2.24) is 24.5 Å². The van der Waals surface area contributed by atoms with Crippen molar-refractivity contribution in [2.24, 2.45) is 0 Å². The molecule has 0 bridgehead atoms. The van der Waals surface area contributed by atoms with Gasteiger partial charge in [0.1, 0.15) is 11.6 Å². The molecular formula is C28H29FMn2N6O3. The molecule has 0 aliphatic carbocycles. The van der Waals surface area contributed by atoms with Crippen LogP contribution in [0.3, 0.4) is 0 Å². The van der Waals surface area contributed by atoms with E-state index in [4.69, 9.17) is 20.8 Å². The summed E-state index contributed by atoms with van der Waals surface area (Å²) >= 11 is 0. The van der Waals surface area contributed by atoms with Gasteiger partial charge in [0.15, 0.2) is 5.82 Å². The quantitative estimate of drug-likeness (QED) is 0.175. The predicted molar refractivity (Wildman–Crippen MR) is 143 cm³/mol. The van der Waals surface area contributed by atoms with Crippen molar-refractivity contribution >= 4 is 22.8 Å². The van der Waals surface area contributed by atoms with E-state index >= 15 is 0 Å². The zero-order valence-corrected chi connectivity index (χ0v) is 24.9. The number of halogens is 1. The minimum absolute atomic E-state index is 0. The number of nitrogens with zero attached hydrogens (tertiary/aromatic N) is 6. The molecule has 0 spiro atoms. The van der Waals surface area contributed by atoms with Gasteiger partial charge in [-0.15, -0.1) is 0 Å². The first-order valence-corrected chi connectivity index (χ1v) is 12.0. The summed E-state index contributed by atoms with van der Waals surface area (Å²) < 4.78 is 30.7. The topological polar surface area (TPSA) is 96.3 Å². The van der Waals surface area contributed by atoms with Gasteiger partial charge in [0.25, 0.3) is 0 Å². The number of fused-ring (bicyclic) bond motifs is 3. The van der Waals surface area contributed by atoms with Gasteiger partial charge in [-0.1, -0.05) is 11.5 Å². The molecule has 1 aliphatic rings. The van der Waals surface area contributed by atoms with Crippen molar-refractivity contribution in [3.63, 3.8) is 0 Å². The Hall–Kier alpha value is -3.30. The third-order valence-corrected chi connectivity index (χ3v) is 6.61. The minimum atomic E-state index is -0.483. The van der Waals surface area contributed by atoms with Gasteiger partial charge in [-0.25, -0.2) is 4.39 Å². The van der Waals surface area contributed by atoms with E-state index in [-0.39, 0.29) is 51.8 Å². The summed E-state index contributed by atoms with van der Waals surface area (Å²) in [6.07, 6.45) is 5.50. The molecule has 2 radical (unpaired) electrons. The number of benzene rings is 2. The molecule has 5 rings (SSSR count). The number of ether oxygens (including phenoxy) is 3. The molecule has 2 unspecified atom stereocenters. The summed E-state index contributed by atoms with van der Waals surface area (Å²) in [6.45, 7) is 12.3. The van der Waals surface area contributed by atoms with Gasteiger partial charge in [0.2, 0.25) is 0 Å². The standard InChI is InChI=1S/C19H18FN6O.C9H11O2.2Mn/c1-11-4-5-13(9-25(11)12(2)8-21)18-23-19-14-6-15(20)17(27-3)7-16(14)22-10-26(19)24-18;1-7-4-5-8(10-2)6-9(7)11-3;;/h2,6-8,11,13H,4-5,9H2,1,3H3;4-6H,1H2,2-3H3;;/q-3;-1;2*+2. The van der Waals surface area contributed by atoms with Crippen LogP contribution in [0.5, 0.6) is 17.2 Å². The summed E-state index contributed by atoms with van der Waals surface area (Å²) in [7, 11) is 4.64. The number of hydrogen-bond acceptors (Lipinski definition) is 7. The average molecular weight is 626 g/mol. The van der Waals surface area contributed by atoms with Crippen LogP contribution in [0.25, 0.3) is 22.0 Å². The molecule has 3 heterocycles. The molecule has 0 N–H and O–H groups in total. The maximum Gasteiger partial charge on any atom is 2.00 e. The monoisotopic (exact) mass is 626 g/mol. The van der Waals surface area contributed by atoms with E-state index in [0.29, 0.717) is 34.6 Å². The number of allylic oxidation sites excluding steroid dienone is 1. The van der Waals surface area contributed by atoms with E-state index in [1.54, 1.807) is 14.2 Å². The molecule has 0 amide bonds. The van der Waals surface area contributed by atoms with Crippen LogP contribution < -0.4 is 14.2 Å². The van der Waals surface area contributed by atoms with Crippen molar-refractivity contribution in [3.05, 3.63) is 78.5 Å². The van der Waals surface area contributed by atoms with E-state index in [1.165, 1.54) is 23.8 Å². The van der Waals surface area contributed by atoms with Crippen LogP contribution in [-0.4, -0.2) is 64.6 Å². The van der Waals surface area contributed by atoms with Gasteiger partial charge in [-0.2, -0.15) is 29.3 Å². The van der Waals surface area contributed by atoms with Gasteiger partial charge >= 0.3 is 34.1 Å². The van der Waals surface area contributed by atoms with Crippen LogP contribution in [0.2, 0.25) is 0 Å². The van der Waals surface area contributed by atoms with Crippen molar-refractivity contribution in [3.8, 4) is 17.2 Å². The van der Waals surface area contributed by atoms with E-state index in [2.05, 4.69) is 35.2 Å². The summed E-state index contributed by atoms with van der Waals surface area (Å²) in [5.41, 5.74) is 2.22. The molecule has 2 aromatic carbocycles. The predicted octanol–water partition coefficient (Wildman–Crippen LogP) is 4.63. The minimum Gasteiger partial charge on any atom is -0.909 e. The third kappa shape index (κ3) is 6.88. The van der Waals surface area contributed by atoms with Crippen LogP contribution in [0, 0.1) is 25.6 Å². The Morgan fingerprint density at radius 3 is 2.50 bits per heavy atom. The molecule has 12 heteroatoms. The Bertz CT molecular complexity index is 1480. The average Bonchev–Trinajstić information content (AvgIpc) is 3.38. The fourth-order valence-corrected chi connectivity index (χ4v) is 4.42. The summed E-state index contributed by atoms with van der Waals surface area (Å²) in [5, 5.41) is 14.3. The molecule has 2 atom stereocenters. The van der Waals surface area contributed by atoms with E-state index in [1.807, 2.05) is 23.1 Å². The van der Waals surface area contributed by atoms with Crippen molar-refractivity contribution in [2.75, 3.05) is 27.9 Å². The Balaban J connectivity index is 0.000000367. The Morgan fingerprint density at radius 1 is 1.12 bits per heavy atom. The molecule has 9 nitrogen and oxygen atoms in total. The zero-order chi connectivity index (χ0) is 27.4. The van der Waals surface area contributed by atoms with E-state index < -0.39 is 5.82 Å². The smallest absolute Gasteiger partial charge is 0.909 e. The first-order valence-electron chi connectivity index (χ1n) is 12.0. The van der Waals surface area contributed by atoms with Crippen molar-refractivity contribution in [1.29, 1.82) is 0 Å². The molecule has 0 saturated carbocycles. The zero-order valence-electron chi connectivity index (χ0n) is 22.6. The molecule has 4 aromatic rings. The Kier molecular flexibility index (Phi) is 11.8. The number of aromatic nitrogens is 4. The van der Waals surface area contributed by atoms with E-state index in [0.717, 1.165) is 36.1 Å². The van der Waals surface area contributed by atoms with E-state index in [9.17, 15) is 9.80 Å². The Morgan fingerprint density at radius 2 is 1.85 bits per heavy atom. The number of rotatable bonds is 6. The molecule has 1 saturated heterocycles. The van der Waals surface area contributed by atoms with Crippen LogP contribution in [0.4, 0.5) is 4.39 Å². The number of piperidine rings is 1. The Labute approximate surface area is 254 Å². The second-order valence-electron chi connectivity index (χ2n) is 8.93. The van der Waals surface area contributed by atoms with Crippen LogP contribution >= 0.6 is 0 Å². The van der Waals surface area contributed by atoms with Gasteiger partial charge in [0, 0.05) is 30.6 Å². The van der Waals surface area contributed by atoms with Gasteiger partial charge < -0.3 is 40.2 Å². The maximum absolute atomic E-state index is 14.2. The number of likely N-dealkylation sites (tertiary alicyclic amines) is 1. The molecule has 210 valence electrons. The van der Waals surface area contributed by atoms with Gasteiger partial charge in [-0.05, 0) is 43.5 Å². The first-order chi connectivity index (χ1) is 18.3. The largest absolute Gasteiger partial charge is 2.00 e. The fourth-order valence-electron chi connectivity index (χ4n) is 4.42. The number of methoxy groups -OCH3 is 3. The molecule has 40 heavy (non-hydrogen) atoms. The summed E-state index contributed by atoms with van der Waals surface area (Å²) in [5.74, 6) is 1.84. The van der Waals surface area contributed by atoms with Crippen LogP contribution in [0.1, 0.15) is 37.1 Å². The molecular weight excluding hydrogens is 597 g/mol. The third-order valence-electron chi connectivity index (χ3n) is 6.61. The summed E-state index contributed by atoms with van der Waals surface area (Å²) in [4.78, 5) is 10.8. The van der Waals surface area contributed by atoms with Crippen molar-refractivity contribution in [2.45, 2.75) is 31.7 Å². The SMILES string of the molecule is [CH-]=C(C=[N-])N1CC(c2nc3c4cc(F)c(OC)cc4n[c-]n3n2)CCC1C.[CH2-]c1ccc(OC)cc1OC.[Mn+2].[Mn+2]. The number of hydrogen-bond donors (Lipinski definition) is 0. The normalized spacial score (nSPS) is 16.2.